The maximum atomic E-state index is 13.0. The van der Waals surface area contributed by atoms with Crippen LogP contribution in [0.2, 0.25) is 0 Å². The minimum absolute atomic E-state index is 0.0380. The van der Waals surface area contributed by atoms with E-state index in [0.29, 0.717) is 30.8 Å². The van der Waals surface area contributed by atoms with E-state index in [9.17, 15) is 34.2 Å². The van der Waals surface area contributed by atoms with Gasteiger partial charge < -0.3 is 26.2 Å². The van der Waals surface area contributed by atoms with Crippen molar-refractivity contribution in [2.45, 2.75) is 113 Å². The van der Waals surface area contributed by atoms with E-state index in [2.05, 4.69) is 26.4 Å². The van der Waals surface area contributed by atoms with Gasteiger partial charge in [-0.3, -0.25) is 24.6 Å². The van der Waals surface area contributed by atoms with Crippen LogP contribution in [0.1, 0.15) is 91.8 Å². The molecule has 1 heterocycles. The molecule has 6 N–H and O–H groups in total. The van der Waals surface area contributed by atoms with Crippen molar-refractivity contribution in [3.63, 3.8) is 0 Å². The van der Waals surface area contributed by atoms with Crippen LogP contribution in [0.25, 0.3) is 0 Å². The molecule has 0 radical (unpaired) electrons. The lowest BCUT2D eigenvalue weighted by molar-refractivity contribution is -0.132. The molecular weight excluding hydrogens is 612 g/mol. The third-order valence-corrected chi connectivity index (χ3v) is 8.49. The number of aliphatic hydroxyl groups excluding tert-OH is 1. The van der Waals surface area contributed by atoms with Gasteiger partial charge >= 0.3 is 6.09 Å². The lowest BCUT2D eigenvalue weighted by Crippen LogP contribution is -2.52. The van der Waals surface area contributed by atoms with Gasteiger partial charge in [0.05, 0.1) is 23.7 Å². The Balaban J connectivity index is 2.79. The highest BCUT2D eigenvalue weighted by Gasteiger charge is 2.30. The molecule has 46 heavy (non-hydrogen) atoms. The van der Waals surface area contributed by atoms with Gasteiger partial charge in [-0.05, 0) is 43.9 Å². The van der Waals surface area contributed by atoms with Crippen molar-refractivity contribution in [2.75, 3.05) is 13.1 Å². The van der Waals surface area contributed by atoms with Gasteiger partial charge in [-0.25, -0.2) is 14.8 Å². The van der Waals surface area contributed by atoms with E-state index in [1.165, 1.54) is 11.3 Å². The second kappa shape index (κ2) is 20.1. The van der Waals surface area contributed by atoms with Crippen molar-refractivity contribution in [1.82, 2.24) is 31.4 Å². The zero-order valence-electron chi connectivity index (χ0n) is 28.9. The number of carbonyl (C=O) groups excluding carboxylic acids is 4. The highest BCUT2D eigenvalue weighted by atomic mass is 32.1. The Morgan fingerprint density at radius 2 is 1.59 bits per heavy atom. The van der Waals surface area contributed by atoms with Crippen molar-refractivity contribution in [3.8, 4) is 0 Å². The highest BCUT2D eigenvalue weighted by molar-refractivity contribution is 7.09. The maximum Gasteiger partial charge on any atom is 0.426 e. The number of thiazole rings is 1. The third-order valence-electron chi connectivity index (χ3n) is 7.50. The average Bonchev–Trinajstić information content (AvgIpc) is 3.38. The summed E-state index contributed by atoms with van der Waals surface area (Å²) in [5.74, 6) is -2.55. The molecule has 5 amide bonds. The minimum Gasteiger partial charge on any atom is -0.464 e. The van der Waals surface area contributed by atoms with Crippen molar-refractivity contribution in [2.24, 2.45) is 29.6 Å². The van der Waals surface area contributed by atoms with Crippen LogP contribution >= 0.6 is 11.3 Å². The molecule has 5 atom stereocenters. The predicted octanol–water partition coefficient (Wildman–Crippen LogP) is 3.25. The average molecular weight is 669 g/mol. The molecule has 0 aromatic carbocycles. The Kier molecular flexibility index (Phi) is 17.8. The smallest absolute Gasteiger partial charge is 0.426 e. The third kappa shape index (κ3) is 14.9. The lowest BCUT2D eigenvalue weighted by atomic mass is 9.92. The monoisotopic (exact) mass is 668 g/mol. The van der Waals surface area contributed by atoms with Crippen molar-refractivity contribution < 1.29 is 34.2 Å². The number of aryl methyl sites for hydroxylation is 1. The summed E-state index contributed by atoms with van der Waals surface area (Å²) in [5.41, 5.74) is 3.27. The topological polar surface area (TPSA) is 190 Å². The van der Waals surface area contributed by atoms with Crippen LogP contribution in [0.15, 0.2) is 5.38 Å². The van der Waals surface area contributed by atoms with Gasteiger partial charge in [-0.2, -0.15) is 0 Å². The zero-order valence-corrected chi connectivity index (χ0v) is 29.7. The standard InChI is InChI=1S/C32H56N6O7S/c1-10-23(15-27-34-22(9)17-46-27)30(42)37-38(32(44)45)12-11-26(40)35-24(13-18(2)3)25(39)14-21(8)29(41)36-28(20(6)7)31(43)33-16-19(4)5/h17-21,23-25,28,39H,10-16H2,1-9H3,(H,33,43)(H,35,40)(H,36,41)(H,37,42)(H,44,45)/t21-,23?,24+,25+,28?/m1/s1. The van der Waals surface area contributed by atoms with Gasteiger partial charge in [0.1, 0.15) is 6.04 Å². The Morgan fingerprint density at radius 1 is 0.935 bits per heavy atom. The summed E-state index contributed by atoms with van der Waals surface area (Å²) >= 11 is 1.44. The second-order valence-electron chi connectivity index (χ2n) is 13.2. The summed E-state index contributed by atoms with van der Waals surface area (Å²) in [6.07, 6.45) is -1.42. The predicted molar refractivity (Wildman–Crippen MR) is 178 cm³/mol. The Labute approximate surface area is 277 Å². The first-order valence-corrected chi connectivity index (χ1v) is 17.1. The van der Waals surface area contributed by atoms with Crippen LogP contribution in [0.5, 0.6) is 0 Å². The molecule has 0 aliphatic rings. The van der Waals surface area contributed by atoms with Gasteiger partial charge in [0.15, 0.2) is 0 Å². The Bertz CT molecular complexity index is 1140. The Morgan fingerprint density at radius 3 is 2.09 bits per heavy atom. The first-order valence-electron chi connectivity index (χ1n) is 16.2. The maximum absolute atomic E-state index is 13.0. The molecule has 0 spiro atoms. The van der Waals surface area contributed by atoms with E-state index < -0.39 is 47.9 Å². The van der Waals surface area contributed by atoms with Gasteiger partial charge in [-0.15, -0.1) is 11.3 Å². The Hall–Kier alpha value is -3.26. The number of rotatable bonds is 19. The highest BCUT2D eigenvalue weighted by Crippen LogP contribution is 2.18. The quantitative estimate of drug-likeness (QED) is 0.121. The molecule has 0 saturated heterocycles. The first-order chi connectivity index (χ1) is 21.4. The van der Waals surface area contributed by atoms with Crippen molar-refractivity contribution >= 4 is 41.1 Å². The normalized spacial score (nSPS) is 14.7. The molecule has 0 aliphatic heterocycles. The lowest BCUT2D eigenvalue weighted by Gasteiger charge is -2.29. The van der Waals surface area contributed by atoms with Gasteiger partial charge in [0.2, 0.25) is 23.6 Å². The van der Waals surface area contributed by atoms with Gasteiger partial charge in [-0.1, -0.05) is 55.4 Å². The number of amides is 5. The van der Waals surface area contributed by atoms with E-state index in [-0.39, 0.29) is 49.0 Å². The van der Waals surface area contributed by atoms with Crippen LogP contribution in [0.4, 0.5) is 4.79 Å². The number of aliphatic hydroxyl groups is 1. The summed E-state index contributed by atoms with van der Waals surface area (Å²) in [5, 5.41) is 32.6. The van der Waals surface area contributed by atoms with Crippen LogP contribution in [-0.4, -0.2) is 81.2 Å². The SMILES string of the molecule is CCC(Cc1nc(C)cs1)C(=O)NN(CCC(=O)N[C@@H](CC(C)C)[C@@H](O)C[C@@H](C)C(=O)NC(C(=O)NCC(C)C)C(C)C)C(=O)O. The fourth-order valence-electron chi connectivity index (χ4n) is 4.74. The van der Waals surface area contributed by atoms with E-state index in [1.54, 1.807) is 6.92 Å². The number of carbonyl (C=O) groups is 5. The van der Waals surface area contributed by atoms with Crippen molar-refractivity contribution in [1.29, 1.82) is 0 Å². The molecule has 2 unspecified atom stereocenters. The molecule has 14 heteroatoms. The van der Waals surface area contributed by atoms with Gasteiger partial charge in [0, 0.05) is 42.3 Å². The summed E-state index contributed by atoms with van der Waals surface area (Å²) in [6, 6.07) is -1.42. The molecule has 0 bridgehead atoms. The van der Waals surface area contributed by atoms with Crippen molar-refractivity contribution in [3.05, 3.63) is 16.1 Å². The van der Waals surface area contributed by atoms with E-state index in [4.69, 9.17) is 0 Å². The second-order valence-corrected chi connectivity index (χ2v) is 14.2. The summed E-state index contributed by atoms with van der Waals surface area (Å²) < 4.78 is 0. The molecule has 1 rings (SSSR count). The molecule has 1 aromatic rings. The minimum atomic E-state index is -1.41. The van der Waals surface area contributed by atoms with Crippen LogP contribution in [0.3, 0.4) is 0 Å². The fourth-order valence-corrected chi connectivity index (χ4v) is 5.60. The molecule has 1 aromatic heterocycles. The summed E-state index contributed by atoms with van der Waals surface area (Å²) in [6.45, 7) is 17.1. The molecule has 13 nitrogen and oxygen atoms in total. The van der Waals surface area contributed by atoms with E-state index >= 15 is 0 Å². The summed E-state index contributed by atoms with van der Waals surface area (Å²) in [4.78, 5) is 67.7. The molecule has 0 saturated carbocycles. The fraction of sp³-hybridized carbons (Fsp3) is 0.750. The molecule has 262 valence electrons. The number of hydrogen-bond acceptors (Lipinski definition) is 8. The molecule has 0 aliphatic carbocycles. The molecular formula is C32H56N6O7S. The van der Waals surface area contributed by atoms with Crippen LogP contribution in [-0.2, 0) is 25.6 Å². The number of aromatic nitrogens is 1. The number of carboxylic acid groups (broad SMARTS) is 1. The van der Waals surface area contributed by atoms with E-state index in [1.807, 2.05) is 60.8 Å². The number of nitrogens with zero attached hydrogens (tertiary/aromatic N) is 2. The number of hydrazine groups is 1. The summed E-state index contributed by atoms with van der Waals surface area (Å²) in [7, 11) is 0. The van der Waals surface area contributed by atoms with Crippen LogP contribution < -0.4 is 21.4 Å². The number of hydrogen-bond donors (Lipinski definition) is 6. The first kappa shape index (κ1) is 40.8. The number of nitrogens with one attached hydrogen (secondary N) is 4. The molecule has 0 fully saturated rings. The van der Waals surface area contributed by atoms with Gasteiger partial charge in [0.25, 0.3) is 0 Å². The largest absolute Gasteiger partial charge is 0.464 e. The van der Waals surface area contributed by atoms with Crippen LogP contribution in [0, 0.1) is 36.5 Å². The van der Waals surface area contributed by atoms with E-state index in [0.717, 1.165) is 10.7 Å². The zero-order chi connectivity index (χ0) is 35.1.